The number of thioether (sulfide) groups is 1. The number of aryl methyl sites for hydroxylation is 1. The van der Waals surface area contributed by atoms with Crippen LogP contribution in [0.15, 0.2) is 28.6 Å². The normalized spacial score (nSPS) is 18.4. The third kappa shape index (κ3) is 5.20. The SMILES string of the molecule is CCN(C(=O)CSc1nnc(Nc2ccccc2C)s1)[C@@H]1CCS(=O)(=O)C1. The van der Waals surface area contributed by atoms with Crippen molar-refractivity contribution in [3.8, 4) is 0 Å². The van der Waals surface area contributed by atoms with Gasteiger partial charge in [-0.3, -0.25) is 4.79 Å². The van der Waals surface area contributed by atoms with Crippen LogP contribution in [0, 0.1) is 6.92 Å². The Morgan fingerprint density at radius 1 is 1.37 bits per heavy atom. The summed E-state index contributed by atoms with van der Waals surface area (Å²) in [5.41, 5.74) is 2.09. The minimum atomic E-state index is -3.01. The molecule has 1 atom stereocenters. The van der Waals surface area contributed by atoms with Gasteiger partial charge in [-0.1, -0.05) is 41.3 Å². The van der Waals surface area contributed by atoms with Crippen LogP contribution in [-0.4, -0.2) is 59.3 Å². The first-order valence-corrected chi connectivity index (χ1v) is 12.3. The molecule has 1 aliphatic heterocycles. The number of carbonyl (C=O) groups excluding carboxylic acids is 1. The van der Waals surface area contributed by atoms with Gasteiger partial charge in [0.25, 0.3) is 0 Å². The summed E-state index contributed by atoms with van der Waals surface area (Å²) in [7, 11) is -3.01. The molecule has 10 heteroatoms. The van der Waals surface area contributed by atoms with Crippen LogP contribution in [0.4, 0.5) is 10.8 Å². The topological polar surface area (TPSA) is 92.3 Å². The maximum atomic E-state index is 12.5. The van der Waals surface area contributed by atoms with Crippen LogP contribution in [-0.2, 0) is 14.6 Å². The molecule has 1 aliphatic rings. The molecular formula is C17H22N4O3S3. The van der Waals surface area contributed by atoms with Crippen molar-refractivity contribution in [2.75, 3.05) is 29.1 Å². The molecule has 1 aromatic heterocycles. The third-order valence-corrected chi connectivity index (χ3v) is 8.13. The number of rotatable bonds is 7. The van der Waals surface area contributed by atoms with E-state index in [1.807, 2.05) is 38.1 Å². The number of para-hydroxylation sites is 1. The highest BCUT2D eigenvalue weighted by Crippen LogP contribution is 2.29. The van der Waals surface area contributed by atoms with Gasteiger partial charge in [-0.15, -0.1) is 10.2 Å². The molecular weight excluding hydrogens is 404 g/mol. The summed E-state index contributed by atoms with van der Waals surface area (Å²) in [6.07, 6.45) is 0.524. The minimum absolute atomic E-state index is 0.0618. The molecule has 1 amide bonds. The van der Waals surface area contributed by atoms with Crippen LogP contribution in [0.3, 0.4) is 0 Å². The Kier molecular flexibility index (Phi) is 6.38. The Bertz CT molecular complexity index is 914. The van der Waals surface area contributed by atoms with E-state index < -0.39 is 9.84 Å². The van der Waals surface area contributed by atoms with E-state index in [9.17, 15) is 13.2 Å². The summed E-state index contributed by atoms with van der Waals surface area (Å²) < 4.78 is 24.0. The minimum Gasteiger partial charge on any atom is -0.338 e. The van der Waals surface area contributed by atoms with Crippen LogP contribution in [0.5, 0.6) is 0 Å². The van der Waals surface area contributed by atoms with Gasteiger partial charge in [0.15, 0.2) is 14.2 Å². The van der Waals surface area contributed by atoms with E-state index in [2.05, 4.69) is 15.5 Å². The molecule has 7 nitrogen and oxygen atoms in total. The monoisotopic (exact) mass is 426 g/mol. The van der Waals surface area contributed by atoms with Crippen LogP contribution in [0.1, 0.15) is 18.9 Å². The van der Waals surface area contributed by atoms with Gasteiger partial charge in [0, 0.05) is 18.3 Å². The highest BCUT2D eigenvalue weighted by atomic mass is 32.2. The predicted molar refractivity (Wildman–Crippen MR) is 110 cm³/mol. The van der Waals surface area contributed by atoms with E-state index in [-0.39, 0.29) is 29.2 Å². The predicted octanol–water partition coefficient (Wildman–Crippen LogP) is 2.72. The van der Waals surface area contributed by atoms with Crippen molar-refractivity contribution in [3.63, 3.8) is 0 Å². The summed E-state index contributed by atoms with van der Waals surface area (Å²) in [6.45, 7) is 4.40. The Balaban J connectivity index is 1.56. The van der Waals surface area contributed by atoms with Gasteiger partial charge < -0.3 is 10.2 Å². The highest BCUT2D eigenvalue weighted by Gasteiger charge is 2.33. The Morgan fingerprint density at radius 3 is 2.81 bits per heavy atom. The lowest BCUT2D eigenvalue weighted by molar-refractivity contribution is -0.129. The fourth-order valence-corrected chi connectivity index (χ4v) is 6.39. The highest BCUT2D eigenvalue weighted by molar-refractivity contribution is 8.01. The molecule has 2 aromatic rings. The average Bonchev–Trinajstić information content (AvgIpc) is 3.22. The van der Waals surface area contributed by atoms with Crippen LogP contribution in [0.25, 0.3) is 0 Å². The van der Waals surface area contributed by atoms with Gasteiger partial charge >= 0.3 is 0 Å². The maximum Gasteiger partial charge on any atom is 0.233 e. The molecule has 3 rings (SSSR count). The summed E-state index contributed by atoms with van der Waals surface area (Å²) in [5.74, 6) is 0.399. The third-order valence-electron chi connectivity index (χ3n) is 4.42. The lowest BCUT2D eigenvalue weighted by Crippen LogP contribution is -2.41. The van der Waals surface area contributed by atoms with Gasteiger partial charge in [0.05, 0.1) is 17.3 Å². The number of hydrogen-bond acceptors (Lipinski definition) is 8. The largest absolute Gasteiger partial charge is 0.338 e. The molecule has 0 aliphatic carbocycles. The average molecular weight is 427 g/mol. The van der Waals surface area contributed by atoms with E-state index in [4.69, 9.17) is 0 Å². The van der Waals surface area contributed by atoms with Gasteiger partial charge in [0.2, 0.25) is 11.0 Å². The van der Waals surface area contributed by atoms with E-state index in [1.165, 1.54) is 23.1 Å². The molecule has 1 aromatic carbocycles. The van der Waals surface area contributed by atoms with Crippen molar-refractivity contribution >= 4 is 49.7 Å². The molecule has 0 spiro atoms. The molecule has 0 radical (unpaired) electrons. The zero-order valence-corrected chi connectivity index (χ0v) is 17.7. The van der Waals surface area contributed by atoms with Gasteiger partial charge in [0.1, 0.15) is 0 Å². The quantitative estimate of drug-likeness (QED) is 0.681. The van der Waals surface area contributed by atoms with Gasteiger partial charge in [-0.05, 0) is 31.9 Å². The lowest BCUT2D eigenvalue weighted by Gasteiger charge is -2.26. The maximum absolute atomic E-state index is 12.5. The number of nitrogens with zero attached hydrogens (tertiary/aromatic N) is 3. The number of amides is 1. The van der Waals surface area contributed by atoms with Gasteiger partial charge in [-0.25, -0.2) is 8.42 Å². The van der Waals surface area contributed by atoms with Gasteiger partial charge in [-0.2, -0.15) is 0 Å². The number of carbonyl (C=O) groups is 1. The number of hydrogen-bond donors (Lipinski definition) is 1. The molecule has 1 saturated heterocycles. The second kappa shape index (κ2) is 8.57. The van der Waals surface area contributed by atoms with Crippen molar-refractivity contribution in [2.45, 2.75) is 30.6 Å². The first-order valence-electron chi connectivity index (χ1n) is 8.67. The molecule has 0 unspecified atom stereocenters. The van der Waals surface area contributed by atoms with Crippen molar-refractivity contribution in [2.24, 2.45) is 0 Å². The second-order valence-corrected chi connectivity index (χ2v) is 10.8. The fraction of sp³-hybridized carbons (Fsp3) is 0.471. The van der Waals surface area contributed by atoms with Crippen LogP contribution < -0.4 is 5.32 Å². The fourth-order valence-electron chi connectivity index (χ4n) is 3.01. The van der Waals surface area contributed by atoms with E-state index in [0.717, 1.165) is 11.3 Å². The molecule has 146 valence electrons. The Morgan fingerprint density at radius 2 is 2.15 bits per heavy atom. The summed E-state index contributed by atoms with van der Waals surface area (Å²) >= 11 is 2.72. The smallest absolute Gasteiger partial charge is 0.233 e. The Labute approximate surface area is 167 Å². The first kappa shape index (κ1) is 20.1. The van der Waals surface area contributed by atoms with Crippen LogP contribution >= 0.6 is 23.1 Å². The van der Waals surface area contributed by atoms with Crippen molar-refractivity contribution in [1.82, 2.24) is 15.1 Å². The standard InChI is InChI=1S/C17H22N4O3S3/c1-3-21(13-8-9-27(23,24)11-13)15(22)10-25-17-20-19-16(26-17)18-14-7-5-4-6-12(14)2/h4-7,13H,3,8-11H2,1-2H3,(H,18,19)/t13-/m1/s1. The molecule has 1 fully saturated rings. The molecule has 27 heavy (non-hydrogen) atoms. The molecule has 1 N–H and O–H groups in total. The zero-order chi connectivity index (χ0) is 19.4. The van der Waals surface area contributed by atoms with E-state index >= 15 is 0 Å². The van der Waals surface area contributed by atoms with Crippen molar-refractivity contribution < 1.29 is 13.2 Å². The molecule has 0 saturated carbocycles. The van der Waals surface area contributed by atoms with Crippen molar-refractivity contribution in [3.05, 3.63) is 29.8 Å². The van der Waals surface area contributed by atoms with E-state index in [0.29, 0.717) is 22.4 Å². The summed E-state index contributed by atoms with van der Waals surface area (Å²) in [5, 5.41) is 12.2. The Hall–Kier alpha value is -1.65. The zero-order valence-electron chi connectivity index (χ0n) is 15.2. The molecule has 0 bridgehead atoms. The lowest BCUT2D eigenvalue weighted by atomic mass is 10.2. The number of benzene rings is 1. The molecule has 2 heterocycles. The number of anilines is 2. The number of nitrogens with one attached hydrogen (secondary N) is 1. The van der Waals surface area contributed by atoms with Crippen molar-refractivity contribution in [1.29, 1.82) is 0 Å². The summed E-state index contributed by atoms with van der Waals surface area (Å²) in [4.78, 5) is 14.2. The van der Waals surface area contributed by atoms with E-state index in [1.54, 1.807) is 4.90 Å². The first-order chi connectivity index (χ1) is 12.9. The summed E-state index contributed by atoms with van der Waals surface area (Å²) in [6, 6.07) is 7.71. The second-order valence-electron chi connectivity index (χ2n) is 6.34. The number of sulfone groups is 1. The van der Waals surface area contributed by atoms with Crippen LogP contribution in [0.2, 0.25) is 0 Å². The number of aromatic nitrogens is 2.